The SMILES string of the molecule is CCc1ccc(-c2ncc(N)s2)cc1. The van der Waals surface area contributed by atoms with Crippen LogP contribution in [-0.2, 0) is 6.42 Å². The summed E-state index contributed by atoms with van der Waals surface area (Å²) in [7, 11) is 0. The molecule has 0 amide bonds. The maximum atomic E-state index is 5.63. The minimum Gasteiger partial charge on any atom is -0.389 e. The molecule has 72 valence electrons. The summed E-state index contributed by atoms with van der Waals surface area (Å²) < 4.78 is 0. The molecular weight excluding hydrogens is 192 g/mol. The molecular formula is C11H12N2S. The maximum Gasteiger partial charge on any atom is 0.125 e. The summed E-state index contributed by atoms with van der Waals surface area (Å²) in [4.78, 5) is 4.24. The molecule has 0 aliphatic carbocycles. The number of nitrogens with zero attached hydrogens (tertiary/aromatic N) is 1. The molecule has 1 aromatic heterocycles. The first-order chi connectivity index (χ1) is 6.79. The average molecular weight is 204 g/mol. The minimum absolute atomic E-state index is 0.763. The first-order valence-electron chi connectivity index (χ1n) is 4.60. The fourth-order valence-electron chi connectivity index (χ4n) is 1.30. The van der Waals surface area contributed by atoms with Crippen molar-refractivity contribution < 1.29 is 0 Å². The van der Waals surface area contributed by atoms with E-state index in [2.05, 4.69) is 36.2 Å². The van der Waals surface area contributed by atoms with Gasteiger partial charge in [-0.25, -0.2) is 4.98 Å². The van der Waals surface area contributed by atoms with Gasteiger partial charge in [0.1, 0.15) is 10.0 Å². The van der Waals surface area contributed by atoms with Gasteiger partial charge in [0.25, 0.3) is 0 Å². The number of nitrogen functional groups attached to an aromatic ring is 1. The number of aryl methyl sites for hydroxylation is 1. The Labute approximate surface area is 87.4 Å². The van der Waals surface area contributed by atoms with Crippen LogP contribution in [0.15, 0.2) is 30.5 Å². The van der Waals surface area contributed by atoms with Crippen molar-refractivity contribution in [1.29, 1.82) is 0 Å². The molecule has 2 N–H and O–H groups in total. The molecule has 0 spiro atoms. The summed E-state index contributed by atoms with van der Waals surface area (Å²) in [5.41, 5.74) is 8.12. The molecule has 0 radical (unpaired) electrons. The van der Waals surface area contributed by atoms with E-state index in [0.717, 1.165) is 22.0 Å². The number of hydrogen-bond acceptors (Lipinski definition) is 3. The summed E-state index contributed by atoms with van der Waals surface area (Å²) in [6, 6.07) is 8.45. The third-order valence-electron chi connectivity index (χ3n) is 2.13. The molecule has 0 unspecified atom stereocenters. The highest BCUT2D eigenvalue weighted by Gasteiger charge is 2.01. The van der Waals surface area contributed by atoms with E-state index in [0.29, 0.717) is 0 Å². The summed E-state index contributed by atoms with van der Waals surface area (Å²) in [5, 5.41) is 1.75. The predicted octanol–water partition coefficient (Wildman–Crippen LogP) is 2.95. The van der Waals surface area contributed by atoms with Crippen LogP contribution in [0.1, 0.15) is 12.5 Å². The molecule has 0 bridgehead atoms. The van der Waals surface area contributed by atoms with E-state index in [4.69, 9.17) is 5.73 Å². The van der Waals surface area contributed by atoms with E-state index < -0.39 is 0 Å². The Balaban J connectivity index is 2.33. The van der Waals surface area contributed by atoms with Crippen molar-refractivity contribution >= 4 is 16.3 Å². The van der Waals surface area contributed by atoms with E-state index >= 15 is 0 Å². The van der Waals surface area contributed by atoms with E-state index in [9.17, 15) is 0 Å². The van der Waals surface area contributed by atoms with Crippen LogP contribution in [0.4, 0.5) is 5.00 Å². The van der Waals surface area contributed by atoms with Crippen LogP contribution < -0.4 is 5.73 Å². The average Bonchev–Trinajstić information content (AvgIpc) is 2.65. The second kappa shape index (κ2) is 3.80. The number of hydrogen-bond donors (Lipinski definition) is 1. The fourth-order valence-corrected chi connectivity index (χ4v) is 1.99. The van der Waals surface area contributed by atoms with Gasteiger partial charge in [-0.2, -0.15) is 0 Å². The van der Waals surface area contributed by atoms with Crippen LogP contribution in [0, 0.1) is 0 Å². The Morgan fingerprint density at radius 3 is 2.50 bits per heavy atom. The van der Waals surface area contributed by atoms with Crippen LogP contribution in [0.3, 0.4) is 0 Å². The van der Waals surface area contributed by atoms with Gasteiger partial charge in [-0.1, -0.05) is 42.5 Å². The fraction of sp³-hybridized carbons (Fsp3) is 0.182. The monoisotopic (exact) mass is 204 g/mol. The van der Waals surface area contributed by atoms with Gasteiger partial charge in [-0.3, -0.25) is 0 Å². The standard InChI is InChI=1S/C11H12N2S/c1-2-8-3-5-9(6-4-8)11-13-7-10(12)14-11/h3-7H,2,12H2,1H3. The molecule has 14 heavy (non-hydrogen) atoms. The van der Waals surface area contributed by atoms with Crippen molar-refractivity contribution in [2.75, 3.05) is 5.73 Å². The lowest BCUT2D eigenvalue weighted by molar-refractivity contribution is 1.14. The lowest BCUT2D eigenvalue weighted by Crippen LogP contribution is -1.80. The Morgan fingerprint density at radius 2 is 2.00 bits per heavy atom. The second-order valence-corrected chi connectivity index (χ2v) is 4.18. The zero-order chi connectivity index (χ0) is 9.97. The van der Waals surface area contributed by atoms with Crippen molar-refractivity contribution in [2.45, 2.75) is 13.3 Å². The van der Waals surface area contributed by atoms with Gasteiger partial charge in [-0.05, 0) is 12.0 Å². The molecule has 0 saturated heterocycles. The lowest BCUT2D eigenvalue weighted by atomic mass is 10.1. The Bertz CT molecular complexity index is 417. The summed E-state index contributed by atoms with van der Waals surface area (Å²) in [6.07, 6.45) is 2.77. The lowest BCUT2D eigenvalue weighted by Gasteiger charge is -1.98. The number of thiazole rings is 1. The van der Waals surface area contributed by atoms with Gasteiger partial charge < -0.3 is 5.73 Å². The molecule has 2 rings (SSSR count). The third kappa shape index (κ3) is 1.77. The Kier molecular flexibility index (Phi) is 2.50. The third-order valence-corrected chi connectivity index (χ3v) is 3.01. The maximum absolute atomic E-state index is 5.63. The number of rotatable bonds is 2. The molecule has 1 aromatic carbocycles. The van der Waals surface area contributed by atoms with Crippen molar-refractivity contribution in [3.05, 3.63) is 36.0 Å². The highest BCUT2D eigenvalue weighted by molar-refractivity contribution is 7.18. The van der Waals surface area contributed by atoms with E-state index in [1.165, 1.54) is 16.9 Å². The van der Waals surface area contributed by atoms with Crippen LogP contribution in [0.25, 0.3) is 10.6 Å². The van der Waals surface area contributed by atoms with Crippen molar-refractivity contribution in [3.8, 4) is 10.6 Å². The quantitative estimate of drug-likeness (QED) is 0.816. The van der Waals surface area contributed by atoms with E-state index in [1.54, 1.807) is 6.20 Å². The van der Waals surface area contributed by atoms with Gasteiger partial charge in [0.05, 0.1) is 6.20 Å². The van der Waals surface area contributed by atoms with Gasteiger partial charge in [-0.15, -0.1) is 0 Å². The van der Waals surface area contributed by atoms with Crippen LogP contribution in [-0.4, -0.2) is 4.98 Å². The number of benzene rings is 1. The van der Waals surface area contributed by atoms with Gasteiger partial charge in [0, 0.05) is 5.56 Å². The largest absolute Gasteiger partial charge is 0.389 e. The van der Waals surface area contributed by atoms with Crippen molar-refractivity contribution in [3.63, 3.8) is 0 Å². The molecule has 0 fully saturated rings. The first-order valence-corrected chi connectivity index (χ1v) is 5.42. The zero-order valence-corrected chi connectivity index (χ0v) is 8.84. The Hall–Kier alpha value is -1.35. The molecule has 0 aliphatic heterocycles. The second-order valence-electron chi connectivity index (χ2n) is 3.12. The topological polar surface area (TPSA) is 38.9 Å². The summed E-state index contributed by atoms with van der Waals surface area (Å²) in [5.74, 6) is 0. The molecule has 0 aliphatic rings. The minimum atomic E-state index is 0.763. The van der Waals surface area contributed by atoms with Crippen molar-refractivity contribution in [1.82, 2.24) is 4.98 Å². The molecule has 1 heterocycles. The predicted molar refractivity (Wildman–Crippen MR) is 61.3 cm³/mol. The van der Waals surface area contributed by atoms with E-state index in [-0.39, 0.29) is 0 Å². The van der Waals surface area contributed by atoms with E-state index in [1.807, 2.05) is 0 Å². The van der Waals surface area contributed by atoms with Crippen LogP contribution in [0.5, 0.6) is 0 Å². The molecule has 3 heteroatoms. The summed E-state index contributed by atoms with van der Waals surface area (Å²) >= 11 is 1.52. The van der Waals surface area contributed by atoms with Gasteiger partial charge >= 0.3 is 0 Å². The molecule has 0 saturated carbocycles. The first kappa shape index (κ1) is 9.21. The van der Waals surface area contributed by atoms with Crippen molar-refractivity contribution in [2.24, 2.45) is 0 Å². The summed E-state index contributed by atoms with van der Waals surface area (Å²) in [6.45, 7) is 2.15. The molecule has 2 nitrogen and oxygen atoms in total. The van der Waals surface area contributed by atoms with Gasteiger partial charge in [0.2, 0.25) is 0 Å². The molecule has 0 atom stereocenters. The zero-order valence-electron chi connectivity index (χ0n) is 8.03. The van der Waals surface area contributed by atoms with Crippen LogP contribution in [0.2, 0.25) is 0 Å². The smallest absolute Gasteiger partial charge is 0.125 e. The number of anilines is 1. The Morgan fingerprint density at radius 1 is 1.29 bits per heavy atom. The number of nitrogens with two attached hydrogens (primary N) is 1. The van der Waals surface area contributed by atoms with Gasteiger partial charge in [0.15, 0.2) is 0 Å². The molecule has 2 aromatic rings. The normalized spacial score (nSPS) is 10.4. The van der Waals surface area contributed by atoms with Crippen LogP contribution >= 0.6 is 11.3 Å². The highest BCUT2D eigenvalue weighted by atomic mass is 32.1. The highest BCUT2D eigenvalue weighted by Crippen LogP contribution is 2.26. The number of aromatic nitrogens is 1.